The van der Waals surface area contributed by atoms with E-state index in [0.29, 0.717) is 27.1 Å². The van der Waals surface area contributed by atoms with Crippen LogP contribution in [0.5, 0.6) is 0 Å². The summed E-state index contributed by atoms with van der Waals surface area (Å²) in [6.07, 6.45) is 3.75. The molecule has 1 fully saturated rings. The number of hydrogen-bond donors (Lipinski definition) is 1. The molecule has 6 heteroatoms. The lowest BCUT2D eigenvalue weighted by molar-refractivity contribution is 0.0956. The Bertz CT molecular complexity index is 1030. The number of fused-ring (bicyclic) bond motifs is 1. The summed E-state index contributed by atoms with van der Waals surface area (Å²) in [7, 11) is 0. The van der Waals surface area contributed by atoms with Crippen LogP contribution in [0.2, 0.25) is 10.0 Å². The van der Waals surface area contributed by atoms with Gasteiger partial charge in [-0.1, -0.05) is 47.5 Å². The summed E-state index contributed by atoms with van der Waals surface area (Å²) < 4.78 is 0. The minimum Gasteiger partial charge on any atom is -0.267 e. The normalized spacial score (nSPS) is 14.1. The monoisotopic (exact) mass is 383 g/mol. The molecule has 4 rings (SSSR count). The number of halogens is 2. The SMILES string of the molecule is O=C(NN=Cc1ccc(Cl)cc1Cl)c1cc(C2CC2)nc2ccccc12. The lowest BCUT2D eigenvalue weighted by Crippen LogP contribution is -2.18. The first-order valence-corrected chi connectivity index (χ1v) is 9.05. The predicted molar refractivity (Wildman–Crippen MR) is 105 cm³/mol. The molecule has 3 aromatic rings. The van der Waals surface area contributed by atoms with Crippen LogP contribution in [-0.4, -0.2) is 17.1 Å². The molecular weight excluding hydrogens is 369 g/mol. The highest BCUT2D eigenvalue weighted by Gasteiger charge is 2.26. The first kappa shape index (κ1) is 17.0. The number of carbonyl (C=O) groups is 1. The molecule has 0 saturated heterocycles. The Morgan fingerprint density at radius 3 is 2.73 bits per heavy atom. The van der Waals surface area contributed by atoms with Gasteiger partial charge in [0.2, 0.25) is 0 Å². The number of nitrogens with one attached hydrogen (secondary N) is 1. The van der Waals surface area contributed by atoms with Crippen LogP contribution in [0, 0.1) is 0 Å². The van der Waals surface area contributed by atoms with E-state index in [1.165, 1.54) is 6.21 Å². The van der Waals surface area contributed by atoms with E-state index in [9.17, 15) is 4.79 Å². The molecule has 4 nitrogen and oxygen atoms in total. The molecule has 2 aromatic carbocycles. The highest BCUT2D eigenvalue weighted by atomic mass is 35.5. The summed E-state index contributed by atoms with van der Waals surface area (Å²) in [6.45, 7) is 0. The van der Waals surface area contributed by atoms with Crippen LogP contribution >= 0.6 is 23.2 Å². The Hall–Kier alpha value is -2.43. The van der Waals surface area contributed by atoms with Crippen LogP contribution in [0.3, 0.4) is 0 Å². The zero-order valence-corrected chi connectivity index (χ0v) is 15.3. The van der Waals surface area contributed by atoms with E-state index in [2.05, 4.69) is 15.5 Å². The summed E-state index contributed by atoms with van der Waals surface area (Å²) >= 11 is 12.0. The van der Waals surface area contributed by atoms with Crippen molar-refractivity contribution in [2.45, 2.75) is 18.8 Å². The molecule has 1 heterocycles. The fourth-order valence-electron chi connectivity index (χ4n) is 2.80. The summed E-state index contributed by atoms with van der Waals surface area (Å²) in [5, 5.41) is 5.87. The average molecular weight is 384 g/mol. The number of aromatic nitrogens is 1. The van der Waals surface area contributed by atoms with E-state index in [-0.39, 0.29) is 5.91 Å². The number of carbonyl (C=O) groups excluding carboxylic acids is 1. The van der Waals surface area contributed by atoms with Gasteiger partial charge in [-0.05, 0) is 37.1 Å². The van der Waals surface area contributed by atoms with Gasteiger partial charge in [-0.2, -0.15) is 5.10 Å². The molecule has 0 unspecified atom stereocenters. The molecule has 0 bridgehead atoms. The molecule has 1 N–H and O–H groups in total. The number of amides is 1. The van der Waals surface area contributed by atoms with Crippen LogP contribution in [-0.2, 0) is 0 Å². The smallest absolute Gasteiger partial charge is 0.267 e. The van der Waals surface area contributed by atoms with Gasteiger partial charge in [-0.3, -0.25) is 9.78 Å². The van der Waals surface area contributed by atoms with Gasteiger partial charge in [0, 0.05) is 27.6 Å². The number of hydrazone groups is 1. The van der Waals surface area contributed by atoms with Crippen LogP contribution in [0.4, 0.5) is 0 Å². The van der Waals surface area contributed by atoms with E-state index in [1.54, 1.807) is 18.2 Å². The highest BCUT2D eigenvalue weighted by molar-refractivity contribution is 6.36. The fraction of sp³-hybridized carbons (Fsp3) is 0.150. The van der Waals surface area contributed by atoms with Crippen molar-refractivity contribution >= 4 is 46.2 Å². The van der Waals surface area contributed by atoms with E-state index in [4.69, 9.17) is 23.2 Å². The number of para-hydroxylation sites is 1. The molecule has 1 aliphatic rings. The van der Waals surface area contributed by atoms with Gasteiger partial charge in [0.1, 0.15) is 0 Å². The maximum absolute atomic E-state index is 12.7. The molecule has 26 heavy (non-hydrogen) atoms. The van der Waals surface area contributed by atoms with Crippen molar-refractivity contribution in [1.29, 1.82) is 0 Å². The van der Waals surface area contributed by atoms with E-state index < -0.39 is 0 Å². The van der Waals surface area contributed by atoms with Crippen molar-refractivity contribution in [1.82, 2.24) is 10.4 Å². The van der Waals surface area contributed by atoms with Gasteiger partial charge in [0.05, 0.1) is 22.3 Å². The Morgan fingerprint density at radius 2 is 1.96 bits per heavy atom. The number of pyridine rings is 1. The van der Waals surface area contributed by atoms with Crippen molar-refractivity contribution in [3.63, 3.8) is 0 Å². The molecular formula is C20H15Cl2N3O. The zero-order chi connectivity index (χ0) is 18.1. The zero-order valence-electron chi connectivity index (χ0n) is 13.7. The van der Waals surface area contributed by atoms with Gasteiger partial charge < -0.3 is 0 Å². The van der Waals surface area contributed by atoms with Crippen molar-refractivity contribution in [3.05, 3.63) is 75.4 Å². The quantitative estimate of drug-likeness (QED) is 0.498. The third-order valence-corrected chi connectivity index (χ3v) is 4.87. The van der Waals surface area contributed by atoms with Crippen LogP contribution in [0.25, 0.3) is 10.9 Å². The maximum Gasteiger partial charge on any atom is 0.272 e. The van der Waals surface area contributed by atoms with Gasteiger partial charge in [-0.15, -0.1) is 0 Å². The Morgan fingerprint density at radius 1 is 1.15 bits per heavy atom. The summed E-state index contributed by atoms with van der Waals surface area (Å²) in [4.78, 5) is 17.4. The number of hydrogen-bond acceptors (Lipinski definition) is 3. The number of rotatable bonds is 4. The van der Waals surface area contributed by atoms with Crippen LogP contribution in [0.15, 0.2) is 53.6 Å². The standard InChI is InChI=1S/C20H15Cl2N3O/c21-14-8-7-13(17(22)9-14)11-23-25-20(26)16-10-19(12-5-6-12)24-18-4-2-1-3-15(16)18/h1-4,7-12H,5-6H2,(H,25,26). The number of benzene rings is 2. The molecule has 1 saturated carbocycles. The minimum atomic E-state index is -0.271. The van der Waals surface area contributed by atoms with Gasteiger partial charge in [0.25, 0.3) is 5.91 Å². The molecule has 1 aromatic heterocycles. The van der Waals surface area contributed by atoms with Crippen molar-refractivity contribution in [2.75, 3.05) is 0 Å². The third kappa shape index (κ3) is 3.57. The molecule has 0 radical (unpaired) electrons. The molecule has 0 atom stereocenters. The Kier molecular flexibility index (Phi) is 4.62. The maximum atomic E-state index is 12.7. The molecule has 0 spiro atoms. The summed E-state index contributed by atoms with van der Waals surface area (Å²) in [5.41, 5.74) is 5.63. The topological polar surface area (TPSA) is 54.4 Å². The average Bonchev–Trinajstić information content (AvgIpc) is 3.47. The van der Waals surface area contributed by atoms with Crippen molar-refractivity contribution in [2.24, 2.45) is 5.10 Å². The summed E-state index contributed by atoms with van der Waals surface area (Å²) in [6, 6.07) is 14.6. The largest absolute Gasteiger partial charge is 0.272 e. The van der Waals surface area contributed by atoms with Crippen molar-refractivity contribution < 1.29 is 4.79 Å². The number of nitrogens with zero attached hydrogens (tertiary/aromatic N) is 2. The van der Waals surface area contributed by atoms with E-state index in [0.717, 1.165) is 29.4 Å². The second kappa shape index (κ2) is 7.06. The molecule has 1 amide bonds. The lowest BCUT2D eigenvalue weighted by Gasteiger charge is -2.08. The third-order valence-electron chi connectivity index (χ3n) is 4.31. The second-order valence-electron chi connectivity index (χ2n) is 6.25. The summed E-state index contributed by atoms with van der Waals surface area (Å²) in [5.74, 6) is 0.189. The first-order chi connectivity index (χ1) is 12.6. The molecule has 1 aliphatic carbocycles. The Balaban J connectivity index is 1.60. The van der Waals surface area contributed by atoms with Gasteiger partial charge in [-0.25, -0.2) is 5.43 Å². The fourth-order valence-corrected chi connectivity index (χ4v) is 3.26. The van der Waals surface area contributed by atoms with Gasteiger partial charge in [0.15, 0.2) is 0 Å². The Labute approximate surface area is 160 Å². The van der Waals surface area contributed by atoms with E-state index in [1.807, 2.05) is 30.3 Å². The van der Waals surface area contributed by atoms with Crippen LogP contribution < -0.4 is 5.43 Å². The molecule has 0 aliphatic heterocycles. The minimum absolute atomic E-state index is 0.271. The van der Waals surface area contributed by atoms with Crippen LogP contribution in [0.1, 0.15) is 40.4 Å². The predicted octanol–water partition coefficient (Wildman–Crippen LogP) is 5.18. The lowest BCUT2D eigenvalue weighted by atomic mass is 10.1. The molecule has 130 valence electrons. The highest BCUT2D eigenvalue weighted by Crippen LogP contribution is 2.40. The second-order valence-corrected chi connectivity index (χ2v) is 7.09. The first-order valence-electron chi connectivity index (χ1n) is 8.30. The van der Waals surface area contributed by atoms with Crippen molar-refractivity contribution in [3.8, 4) is 0 Å². The van der Waals surface area contributed by atoms with Gasteiger partial charge >= 0.3 is 0 Å². The van der Waals surface area contributed by atoms with E-state index >= 15 is 0 Å².